The normalized spacial score (nSPS) is 13.1. The van der Waals surface area contributed by atoms with Crippen molar-refractivity contribution < 1.29 is 0 Å². The lowest BCUT2D eigenvalue weighted by atomic mass is 10.0. The fourth-order valence-corrected chi connectivity index (χ4v) is 1.82. The first-order valence-electron chi connectivity index (χ1n) is 5.68. The van der Waals surface area contributed by atoms with E-state index in [-0.39, 0.29) is 5.56 Å². The lowest BCUT2D eigenvalue weighted by Crippen LogP contribution is -2.39. The second kappa shape index (κ2) is 5.25. The Bertz CT molecular complexity index is 409. The number of hydrogen-bond donors (Lipinski definition) is 1. The van der Waals surface area contributed by atoms with E-state index in [1.54, 1.807) is 10.6 Å². The largest absolute Gasteiger partial charge is 0.315 e. The van der Waals surface area contributed by atoms with Gasteiger partial charge in [0.2, 0.25) is 0 Å². The Balaban J connectivity index is 3.01. The summed E-state index contributed by atoms with van der Waals surface area (Å²) in [5.41, 5.74) is 0.815. The fourth-order valence-electron chi connectivity index (χ4n) is 1.82. The number of nitrogens with zero attached hydrogens (tertiary/aromatic N) is 2. The van der Waals surface area contributed by atoms with Gasteiger partial charge in [-0.2, -0.15) is 0 Å². The maximum absolute atomic E-state index is 11.8. The number of aryl methyl sites for hydroxylation is 2. The molecule has 0 saturated heterocycles. The summed E-state index contributed by atoms with van der Waals surface area (Å²) in [5, 5.41) is 3.23. The molecule has 4 nitrogen and oxygen atoms in total. The summed E-state index contributed by atoms with van der Waals surface area (Å²) in [6.07, 6.45) is 0. The average molecular weight is 223 g/mol. The van der Waals surface area contributed by atoms with Crippen molar-refractivity contribution in [2.75, 3.05) is 7.05 Å². The van der Waals surface area contributed by atoms with Gasteiger partial charge in [0, 0.05) is 24.3 Å². The van der Waals surface area contributed by atoms with Gasteiger partial charge in [0.1, 0.15) is 5.82 Å². The van der Waals surface area contributed by atoms with Crippen LogP contribution in [0.1, 0.15) is 25.4 Å². The smallest absolute Gasteiger partial charge is 0.253 e. The van der Waals surface area contributed by atoms with E-state index in [1.165, 1.54) is 0 Å². The van der Waals surface area contributed by atoms with Crippen LogP contribution in [0, 0.1) is 19.8 Å². The molecule has 1 aromatic heterocycles. The molecule has 1 atom stereocenters. The van der Waals surface area contributed by atoms with E-state index in [1.807, 2.05) is 20.9 Å². The molecule has 1 aromatic rings. The maximum atomic E-state index is 11.8. The van der Waals surface area contributed by atoms with E-state index in [0.29, 0.717) is 18.5 Å². The summed E-state index contributed by atoms with van der Waals surface area (Å²) in [4.78, 5) is 16.1. The highest BCUT2D eigenvalue weighted by Gasteiger charge is 2.13. The zero-order valence-corrected chi connectivity index (χ0v) is 10.7. The van der Waals surface area contributed by atoms with Gasteiger partial charge in [-0.3, -0.25) is 9.36 Å². The molecule has 4 heteroatoms. The predicted octanol–water partition coefficient (Wildman–Crippen LogP) is 1.10. The molecule has 16 heavy (non-hydrogen) atoms. The molecule has 0 radical (unpaired) electrons. The van der Waals surface area contributed by atoms with Crippen molar-refractivity contribution in [1.82, 2.24) is 14.9 Å². The fraction of sp³-hybridized carbons (Fsp3) is 0.667. The van der Waals surface area contributed by atoms with E-state index >= 15 is 0 Å². The van der Waals surface area contributed by atoms with Crippen LogP contribution in [0.4, 0.5) is 0 Å². The summed E-state index contributed by atoms with van der Waals surface area (Å²) in [7, 11) is 1.92. The summed E-state index contributed by atoms with van der Waals surface area (Å²) in [6, 6.07) is 1.88. The molecule has 0 amide bonds. The molecule has 1 unspecified atom stereocenters. The molecule has 0 aliphatic heterocycles. The number of aromatic nitrogens is 2. The third-order valence-corrected chi connectivity index (χ3v) is 2.88. The molecule has 0 aliphatic carbocycles. The SMILES string of the molecule is CNC(Cn1c(C)nc(C)cc1=O)C(C)C. The van der Waals surface area contributed by atoms with Crippen LogP contribution in [0.3, 0.4) is 0 Å². The second-order valence-corrected chi connectivity index (χ2v) is 4.53. The van der Waals surface area contributed by atoms with Gasteiger partial charge in [0.25, 0.3) is 5.56 Å². The Hall–Kier alpha value is -1.16. The van der Waals surface area contributed by atoms with Gasteiger partial charge in [0.15, 0.2) is 0 Å². The Morgan fingerprint density at radius 1 is 1.44 bits per heavy atom. The van der Waals surface area contributed by atoms with E-state index in [4.69, 9.17) is 0 Å². The summed E-state index contributed by atoms with van der Waals surface area (Å²) < 4.78 is 1.73. The van der Waals surface area contributed by atoms with Crippen LogP contribution in [0.2, 0.25) is 0 Å². The van der Waals surface area contributed by atoms with E-state index in [2.05, 4.69) is 24.1 Å². The zero-order chi connectivity index (χ0) is 12.3. The Morgan fingerprint density at radius 2 is 2.06 bits per heavy atom. The minimum absolute atomic E-state index is 0.0332. The van der Waals surface area contributed by atoms with Crippen molar-refractivity contribution >= 4 is 0 Å². The van der Waals surface area contributed by atoms with Gasteiger partial charge in [-0.15, -0.1) is 0 Å². The van der Waals surface area contributed by atoms with Crippen LogP contribution in [0.5, 0.6) is 0 Å². The second-order valence-electron chi connectivity index (χ2n) is 4.53. The van der Waals surface area contributed by atoms with Crippen molar-refractivity contribution in [3.05, 3.63) is 27.9 Å². The maximum Gasteiger partial charge on any atom is 0.253 e. The van der Waals surface area contributed by atoms with E-state index in [9.17, 15) is 4.79 Å². The molecule has 0 fully saturated rings. The van der Waals surface area contributed by atoms with Crippen molar-refractivity contribution in [2.24, 2.45) is 5.92 Å². The van der Waals surface area contributed by atoms with E-state index in [0.717, 1.165) is 11.5 Å². The van der Waals surface area contributed by atoms with Crippen LogP contribution in [0.15, 0.2) is 10.9 Å². The molecule has 1 rings (SSSR count). The number of rotatable bonds is 4. The molecule has 0 spiro atoms. The molecular weight excluding hydrogens is 202 g/mol. The average Bonchev–Trinajstić information content (AvgIpc) is 2.15. The monoisotopic (exact) mass is 223 g/mol. The third-order valence-electron chi connectivity index (χ3n) is 2.88. The zero-order valence-electron chi connectivity index (χ0n) is 10.7. The molecule has 1 heterocycles. The molecule has 1 N–H and O–H groups in total. The highest BCUT2D eigenvalue weighted by Crippen LogP contribution is 2.04. The van der Waals surface area contributed by atoms with Gasteiger partial charge < -0.3 is 5.32 Å². The van der Waals surface area contributed by atoms with Gasteiger partial charge >= 0.3 is 0 Å². The molecule has 0 bridgehead atoms. The molecule has 0 saturated carbocycles. The van der Waals surface area contributed by atoms with Gasteiger partial charge in [-0.25, -0.2) is 4.98 Å². The first kappa shape index (κ1) is 12.9. The number of hydrogen-bond acceptors (Lipinski definition) is 3. The van der Waals surface area contributed by atoms with Gasteiger partial charge in [0.05, 0.1) is 0 Å². The molecule has 90 valence electrons. The van der Waals surface area contributed by atoms with Crippen molar-refractivity contribution in [2.45, 2.75) is 40.3 Å². The Kier molecular flexibility index (Phi) is 4.24. The first-order chi connectivity index (χ1) is 7.45. The van der Waals surface area contributed by atoms with Crippen LogP contribution in [-0.4, -0.2) is 22.6 Å². The predicted molar refractivity (Wildman–Crippen MR) is 65.7 cm³/mol. The molecule has 0 aromatic carbocycles. The lowest BCUT2D eigenvalue weighted by Gasteiger charge is -2.22. The summed E-state index contributed by atoms with van der Waals surface area (Å²) in [5.74, 6) is 1.27. The number of nitrogens with one attached hydrogen (secondary N) is 1. The molecular formula is C12H21N3O. The van der Waals surface area contributed by atoms with Crippen LogP contribution in [0.25, 0.3) is 0 Å². The van der Waals surface area contributed by atoms with Crippen LogP contribution < -0.4 is 10.9 Å². The van der Waals surface area contributed by atoms with Crippen molar-refractivity contribution in [3.8, 4) is 0 Å². The van der Waals surface area contributed by atoms with Gasteiger partial charge in [-0.05, 0) is 26.8 Å². The minimum Gasteiger partial charge on any atom is -0.315 e. The summed E-state index contributed by atoms with van der Waals surface area (Å²) in [6.45, 7) is 8.68. The molecule has 0 aliphatic rings. The van der Waals surface area contributed by atoms with Crippen molar-refractivity contribution in [1.29, 1.82) is 0 Å². The quantitative estimate of drug-likeness (QED) is 0.831. The standard InChI is InChI=1S/C12H21N3O/c1-8(2)11(13-5)7-15-10(4)14-9(3)6-12(15)16/h6,8,11,13H,7H2,1-5H3. The number of likely N-dealkylation sites (N-methyl/N-ethyl adjacent to an activating group) is 1. The highest BCUT2D eigenvalue weighted by molar-refractivity contribution is 5.02. The third kappa shape index (κ3) is 2.92. The minimum atomic E-state index is 0.0332. The first-order valence-corrected chi connectivity index (χ1v) is 5.68. The lowest BCUT2D eigenvalue weighted by molar-refractivity contribution is 0.368. The Morgan fingerprint density at radius 3 is 2.50 bits per heavy atom. The topological polar surface area (TPSA) is 46.9 Å². The summed E-state index contributed by atoms with van der Waals surface area (Å²) >= 11 is 0. The van der Waals surface area contributed by atoms with Gasteiger partial charge in [-0.1, -0.05) is 13.8 Å². The van der Waals surface area contributed by atoms with Crippen LogP contribution >= 0.6 is 0 Å². The van der Waals surface area contributed by atoms with Crippen LogP contribution in [-0.2, 0) is 6.54 Å². The van der Waals surface area contributed by atoms with E-state index < -0.39 is 0 Å². The van der Waals surface area contributed by atoms with Crippen molar-refractivity contribution in [3.63, 3.8) is 0 Å². The Labute approximate surface area is 96.7 Å². The highest BCUT2D eigenvalue weighted by atomic mass is 16.1.